The van der Waals surface area contributed by atoms with Crippen LogP contribution in [0.2, 0.25) is 0 Å². The lowest BCUT2D eigenvalue weighted by molar-refractivity contribution is -0.138. The molecule has 1 aromatic heterocycles. The molecule has 0 bridgehead atoms. The topological polar surface area (TPSA) is 75.1 Å². The second-order valence-corrected chi connectivity index (χ2v) is 5.32. The Balaban J connectivity index is 2.10. The maximum absolute atomic E-state index is 11.2. The summed E-state index contributed by atoms with van der Waals surface area (Å²) in [5.74, 6) is -0.115. The fourth-order valence-corrected chi connectivity index (χ4v) is 2.03. The van der Waals surface area contributed by atoms with Gasteiger partial charge in [0.25, 0.3) is 0 Å². The monoisotopic (exact) mass is 285 g/mol. The number of hydrogen-bond donors (Lipinski definition) is 2. The molecule has 5 heteroatoms. The number of nitrogens with zero attached hydrogens (tertiary/aromatic N) is 2. The van der Waals surface area contributed by atoms with Crippen molar-refractivity contribution in [1.82, 2.24) is 9.97 Å². The van der Waals surface area contributed by atoms with Crippen LogP contribution >= 0.6 is 0 Å². The number of aromatic nitrogens is 2. The molecule has 0 saturated heterocycles. The second kappa shape index (κ2) is 6.83. The number of benzene rings is 1. The minimum Gasteiger partial charge on any atom is -0.480 e. The van der Waals surface area contributed by atoms with Crippen molar-refractivity contribution < 1.29 is 9.90 Å². The summed E-state index contributed by atoms with van der Waals surface area (Å²) < 4.78 is 0. The predicted octanol–water partition coefficient (Wildman–Crippen LogP) is 3.05. The standard InChI is InChI=1S/C16H19N3O2/c1-11(2)8-13(16(20)21)19-15-10-17-14(9-18-15)12-6-4-3-5-7-12/h3-7,9-11,13H,8H2,1-2H3,(H,18,19)(H,20,21)/t13-/m1/s1. The molecule has 2 aromatic rings. The van der Waals surface area contributed by atoms with E-state index >= 15 is 0 Å². The van der Waals surface area contributed by atoms with Crippen LogP contribution < -0.4 is 5.32 Å². The maximum atomic E-state index is 11.2. The van der Waals surface area contributed by atoms with Gasteiger partial charge in [0.05, 0.1) is 18.1 Å². The number of rotatable bonds is 6. The van der Waals surface area contributed by atoms with Gasteiger partial charge in [-0.3, -0.25) is 4.98 Å². The summed E-state index contributed by atoms with van der Waals surface area (Å²) in [7, 11) is 0. The first-order valence-corrected chi connectivity index (χ1v) is 6.93. The van der Waals surface area contributed by atoms with Crippen LogP contribution in [0.5, 0.6) is 0 Å². The SMILES string of the molecule is CC(C)C[C@@H](Nc1cnc(-c2ccccc2)cn1)C(=O)O. The Morgan fingerprint density at radius 3 is 2.43 bits per heavy atom. The van der Waals surface area contributed by atoms with E-state index in [1.807, 2.05) is 44.2 Å². The van der Waals surface area contributed by atoms with Crippen molar-refractivity contribution >= 4 is 11.8 Å². The average Bonchev–Trinajstić information content (AvgIpc) is 2.48. The Morgan fingerprint density at radius 1 is 1.19 bits per heavy atom. The normalized spacial score (nSPS) is 12.1. The molecule has 1 atom stereocenters. The van der Waals surface area contributed by atoms with Gasteiger partial charge >= 0.3 is 5.97 Å². The Morgan fingerprint density at radius 2 is 1.90 bits per heavy atom. The van der Waals surface area contributed by atoms with Crippen molar-refractivity contribution in [3.63, 3.8) is 0 Å². The molecular formula is C16H19N3O2. The largest absolute Gasteiger partial charge is 0.480 e. The van der Waals surface area contributed by atoms with Gasteiger partial charge < -0.3 is 10.4 Å². The molecule has 0 aliphatic rings. The third kappa shape index (κ3) is 4.27. The van der Waals surface area contributed by atoms with Crippen molar-refractivity contribution in [1.29, 1.82) is 0 Å². The molecule has 0 aliphatic carbocycles. The van der Waals surface area contributed by atoms with Crippen LogP contribution in [-0.4, -0.2) is 27.1 Å². The minimum absolute atomic E-state index is 0.287. The van der Waals surface area contributed by atoms with E-state index in [9.17, 15) is 9.90 Å². The van der Waals surface area contributed by atoms with Crippen LogP contribution in [0.4, 0.5) is 5.82 Å². The van der Waals surface area contributed by atoms with E-state index in [1.54, 1.807) is 12.4 Å². The first-order chi connectivity index (χ1) is 10.1. The summed E-state index contributed by atoms with van der Waals surface area (Å²) in [5, 5.41) is 12.1. The van der Waals surface area contributed by atoms with Crippen LogP contribution in [0.1, 0.15) is 20.3 Å². The van der Waals surface area contributed by atoms with Gasteiger partial charge in [-0.05, 0) is 12.3 Å². The summed E-state index contributed by atoms with van der Waals surface area (Å²) in [6.07, 6.45) is 3.75. The molecule has 0 unspecified atom stereocenters. The quantitative estimate of drug-likeness (QED) is 0.853. The molecule has 5 nitrogen and oxygen atoms in total. The highest BCUT2D eigenvalue weighted by Crippen LogP contribution is 2.17. The van der Waals surface area contributed by atoms with Gasteiger partial charge in [-0.2, -0.15) is 0 Å². The summed E-state index contributed by atoms with van der Waals surface area (Å²) in [6, 6.07) is 9.07. The lowest BCUT2D eigenvalue weighted by Gasteiger charge is -2.16. The molecule has 1 heterocycles. The summed E-state index contributed by atoms with van der Waals surface area (Å²) >= 11 is 0. The van der Waals surface area contributed by atoms with Crippen LogP contribution in [0, 0.1) is 5.92 Å². The van der Waals surface area contributed by atoms with E-state index in [0.29, 0.717) is 12.2 Å². The molecule has 0 saturated carbocycles. The lowest BCUT2D eigenvalue weighted by Crippen LogP contribution is -2.31. The van der Waals surface area contributed by atoms with E-state index in [-0.39, 0.29) is 5.92 Å². The fourth-order valence-electron chi connectivity index (χ4n) is 2.03. The number of hydrogen-bond acceptors (Lipinski definition) is 4. The number of carboxylic acids is 1. The van der Waals surface area contributed by atoms with E-state index in [0.717, 1.165) is 11.3 Å². The van der Waals surface area contributed by atoms with Crippen molar-refractivity contribution in [2.75, 3.05) is 5.32 Å². The van der Waals surface area contributed by atoms with E-state index in [4.69, 9.17) is 0 Å². The van der Waals surface area contributed by atoms with Crippen LogP contribution in [0.15, 0.2) is 42.7 Å². The highest BCUT2D eigenvalue weighted by atomic mass is 16.4. The number of aliphatic carboxylic acids is 1. The third-order valence-electron chi connectivity index (χ3n) is 3.05. The highest BCUT2D eigenvalue weighted by Gasteiger charge is 2.19. The number of carbonyl (C=O) groups is 1. The minimum atomic E-state index is -0.877. The molecule has 110 valence electrons. The summed E-state index contributed by atoms with van der Waals surface area (Å²) in [6.45, 7) is 3.98. The van der Waals surface area contributed by atoms with Gasteiger partial charge in [0, 0.05) is 5.56 Å². The predicted molar refractivity (Wildman–Crippen MR) is 82.0 cm³/mol. The molecule has 0 spiro atoms. The number of nitrogens with one attached hydrogen (secondary N) is 1. The first-order valence-electron chi connectivity index (χ1n) is 6.93. The fraction of sp³-hybridized carbons (Fsp3) is 0.312. The van der Waals surface area contributed by atoms with Gasteiger partial charge in [-0.15, -0.1) is 0 Å². The summed E-state index contributed by atoms with van der Waals surface area (Å²) in [5.41, 5.74) is 1.74. The smallest absolute Gasteiger partial charge is 0.326 e. The zero-order valence-electron chi connectivity index (χ0n) is 12.2. The molecule has 0 aliphatic heterocycles. The zero-order valence-corrected chi connectivity index (χ0v) is 12.2. The molecule has 0 radical (unpaired) electrons. The Hall–Kier alpha value is -2.43. The van der Waals surface area contributed by atoms with Crippen LogP contribution in [-0.2, 0) is 4.79 Å². The second-order valence-electron chi connectivity index (χ2n) is 5.32. The number of carboxylic acid groups (broad SMARTS) is 1. The van der Waals surface area contributed by atoms with Gasteiger partial charge in [0.15, 0.2) is 0 Å². The summed E-state index contributed by atoms with van der Waals surface area (Å²) in [4.78, 5) is 19.8. The Kier molecular flexibility index (Phi) is 4.87. The van der Waals surface area contributed by atoms with Gasteiger partial charge in [0.1, 0.15) is 11.9 Å². The maximum Gasteiger partial charge on any atom is 0.326 e. The van der Waals surface area contributed by atoms with Gasteiger partial charge in [0.2, 0.25) is 0 Å². The molecule has 0 fully saturated rings. The first kappa shape index (κ1) is 15.0. The van der Waals surface area contributed by atoms with Crippen molar-refractivity contribution in [2.45, 2.75) is 26.3 Å². The molecule has 2 rings (SSSR count). The van der Waals surface area contributed by atoms with E-state index in [1.165, 1.54) is 0 Å². The molecule has 0 amide bonds. The van der Waals surface area contributed by atoms with Crippen molar-refractivity contribution in [2.24, 2.45) is 5.92 Å². The van der Waals surface area contributed by atoms with Gasteiger partial charge in [-0.25, -0.2) is 9.78 Å². The highest BCUT2D eigenvalue weighted by molar-refractivity contribution is 5.76. The van der Waals surface area contributed by atoms with Crippen molar-refractivity contribution in [3.8, 4) is 11.3 Å². The van der Waals surface area contributed by atoms with Crippen molar-refractivity contribution in [3.05, 3.63) is 42.7 Å². The Bertz CT molecular complexity index is 582. The molecule has 21 heavy (non-hydrogen) atoms. The average molecular weight is 285 g/mol. The molecule has 1 aromatic carbocycles. The molecular weight excluding hydrogens is 266 g/mol. The Labute approximate surface area is 124 Å². The zero-order chi connectivity index (χ0) is 15.2. The van der Waals surface area contributed by atoms with Crippen LogP contribution in [0.3, 0.4) is 0 Å². The van der Waals surface area contributed by atoms with E-state index in [2.05, 4.69) is 15.3 Å². The lowest BCUT2D eigenvalue weighted by atomic mass is 10.0. The van der Waals surface area contributed by atoms with E-state index < -0.39 is 12.0 Å². The van der Waals surface area contributed by atoms with Gasteiger partial charge in [-0.1, -0.05) is 44.2 Å². The third-order valence-corrected chi connectivity index (χ3v) is 3.05. The molecule has 2 N–H and O–H groups in total. The number of anilines is 1. The van der Waals surface area contributed by atoms with Crippen LogP contribution in [0.25, 0.3) is 11.3 Å².